The number of hydrogen-bond donors (Lipinski definition) is 3. The minimum absolute atomic E-state index is 0. The van der Waals surface area contributed by atoms with Gasteiger partial charge in [0.2, 0.25) is 0 Å². The Labute approximate surface area is 107 Å². The van der Waals surface area contributed by atoms with Crippen molar-refractivity contribution in [1.82, 2.24) is 10.2 Å². The van der Waals surface area contributed by atoms with Gasteiger partial charge in [0, 0.05) is 13.1 Å². The van der Waals surface area contributed by atoms with Crippen LogP contribution in [0.25, 0.3) is 0 Å². The average molecular weight is 276 g/mol. The van der Waals surface area contributed by atoms with Gasteiger partial charge >= 0.3 is 5.97 Å². The van der Waals surface area contributed by atoms with Crippen LogP contribution in [0, 0.1) is 0 Å². The van der Waals surface area contributed by atoms with Crippen LogP contribution in [0.1, 0.15) is 6.92 Å². The molecule has 0 aliphatic rings. The summed E-state index contributed by atoms with van der Waals surface area (Å²) in [6.45, 7) is 2.19. The van der Waals surface area contributed by atoms with Gasteiger partial charge in [-0.05, 0) is 21.0 Å². The molecular weight excluding hydrogens is 257 g/mol. The molecular formula is C8H19Cl2N3O3. The number of carboxylic acids is 1. The van der Waals surface area contributed by atoms with Gasteiger partial charge < -0.3 is 21.1 Å². The number of rotatable bonds is 5. The number of carbonyl (C=O) groups is 2. The number of hydrogen-bond acceptors (Lipinski definition) is 4. The van der Waals surface area contributed by atoms with Crippen molar-refractivity contribution in [3.8, 4) is 0 Å². The van der Waals surface area contributed by atoms with E-state index in [0.717, 1.165) is 0 Å². The summed E-state index contributed by atoms with van der Waals surface area (Å²) < 4.78 is 0. The number of carbonyl (C=O) groups excluding carboxylic acids is 1. The first-order chi connectivity index (χ1) is 6.28. The number of halogens is 2. The lowest BCUT2D eigenvalue weighted by atomic mass is 10.0. The zero-order valence-electron chi connectivity index (χ0n) is 9.52. The van der Waals surface area contributed by atoms with Gasteiger partial charge in [0.25, 0.3) is 5.91 Å². The monoisotopic (exact) mass is 275 g/mol. The highest BCUT2D eigenvalue weighted by Gasteiger charge is 2.36. The molecule has 1 amide bonds. The number of aliphatic carboxylic acids is 1. The number of nitrogens with one attached hydrogen (secondary N) is 1. The molecule has 0 heterocycles. The number of nitrogens with two attached hydrogens (primary N) is 1. The van der Waals surface area contributed by atoms with Crippen LogP contribution in [-0.4, -0.2) is 54.6 Å². The van der Waals surface area contributed by atoms with Crippen molar-refractivity contribution in [2.75, 3.05) is 27.2 Å². The van der Waals surface area contributed by atoms with E-state index in [1.807, 2.05) is 19.0 Å². The second-order valence-corrected chi connectivity index (χ2v) is 3.57. The van der Waals surface area contributed by atoms with Crippen molar-refractivity contribution >= 4 is 36.7 Å². The van der Waals surface area contributed by atoms with E-state index in [2.05, 4.69) is 5.32 Å². The molecule has 16 heavy (non-hydrogen) atoms. The highest BCUT2D eigenvalue weighted by molar-refractivity contribution is 6.05. The van der Waals surface area contributed by atoms with Crippen LogP contribution in [0.5, 0.6) is 0 Å². The van der Waals surface area contributed by atoms with Gasteiger partial charge in [0.15, 0.2) is 5.54 Å². The standard InChI is InChI=1S/C8H17N3O3.2ClH/c1-8(9,7(13)14)6(12)10-4-5-11(2)3;;/h4-5,9H2,1-3H3,(H,10,12)(H,13,14);2*1H. The Morgan fingerprint density at radius 1 is 1.38 bits per heavy atom. The fourth-order valence-corrected chi connectivity index (χ4v) is 0.674. The van der Waals surface area contributed by atoms with Gasteiger partial charge in [-0.1, -0.05) is 0 Å². The van der Waals surface area contributed by atoms with Gasteiger partial charge in [-0.15, -0.1) is 24.8 Å². The Morgan fingerprint density at radius 2 is 1.81 bits per heavy atom. The van der Waals surface area contributed by atoms with Crippen molar-refractivity contribution in [2.45, 2.75) is 12.5 Å². The van der Waals surface area contributed by atoms with Gasteiger partial charge in [-0.25, -0.2) is 4.79 Å². The predicted octanol–water partition coefficient (Wildman–Crippen LogP) is -0.690. The molecule has 1 unspecified atom stereocenters. The summed E-state index contributed by atoms with van der Waals surface area (Å²) in [7, 11) is 3.70. The van der Waals surface area contributed by atoms with Crippen LogP contribution in [0.15, 0.2) is 0 Å². The number of amides is 1. The number of carboxylic acid groups (broad SMARTS) is 1. The summed E-state index contributed by atoms with van der Waals surface area (Å²) in [6, 6.07) is 0. The number of likely N-dealkylation sites (N-methyl/N-ethyl adjacent to an activating group) is 1. The second-order valence-electron chi connectivity index (χ2n) is 3.57. The molecule has 0 saturated heterocycles. The summed E-state index contributed by atoms with van der Waals surface area (Å²) in [5.41, 5.74) is 3.44. The molecule has 0 rings (SSSR count). The normalized spacial score (nSPS) is 13.1. The Balaban J connectivity index is -0.000000845. The highest BCUT2D eigenvalue weighted by Crippen LogP contribution is 1.98. The van der Waals surface area contributed by atoms with Gasteiger partial charge in [0.05, 0.1) is 0 Å². The van der Waals surface area contributed by atoms with Crippen LogP contribution in [0.2, 0.25) is 0 Å². The lowest BCUT2D eigenvalue weighted by molar-refractivity contribution is -0.148. The van der Waals surface area contributed by atoms with E-state index in [1.165, 1.54) is 6.92 Å². The SMILES string of the molecule is CN(C)CCNC(=O)C(C)(N)C(=O)O.Cl.Cl. The van der Waals surface area contributed by atoms with E-state index in [4.69, 9.17) is 10.8 Å². The maximum atomic E-state index is 11.3. The summed E-state index contributed by atoms with van der Waals surface area (Å²) >= 11 is 0. The minimum Gasteiger partial charge on any atom is -0.479 e. The molecule has 0 spiro atoms. The van der Waals surface area contributed by atoms with Gasteiger partial charge in [-0.2, -0.15) is 0 Å². The third-order valence-electron chi connectivity index (χ3n) is 1.76. The second kappa shape index (κ2) is 8.58. The van der Waals surface area contributed by atoms with Crippen molar-refractivity contribution in [3.63, 3.8) is 0 Å². The maximum absolute atomic E-state index is 11.3. The van der Waals surface area contributed by atoms with E-state index in [9.17, 15) is 9.59 Å². The molecule has 0 bridgehead atoms. The minimum atomic E-state index is -1.85. The molecule has 8 heteroatoms. The van der Waals surface area contributed by atoms with E-state index in [0.29, 0.717) is 13.1 Å². The molecule has 4 N–H and O–H groups in total. The lowest BCUT2D eigenvalue weighted by Gasteiger charge is -2.19. The summed E-state index contributed by atoms with van der Waals surface area (Å²) in [5.74, 6) is -2.01. The topological polar surface area (TPSA) is 95.7 Å². The van der Waals surface area contributed by atoms with Crippen LogP contribution >= 0.6 is 24.8 Å². The van der Waals surface area contributed by atoms with Crippen LogP contribution < -0.4 is 11.1 Å². The quantitative estimate of drug-likeness (QED) is 0.578. The van der Waals surface area contributed by atoms with Crippen molar-refractivity contribution in [1.29, 1.82) is 0 Å². The average Bonchev–Trinajstić information content (AvgIpc) is 2.02. The Morgan fingerprint density at radius 3 is 2.12 bits per heavy atom. The lowest BCUT2D eigenvalue weighted by Crippen LogP contribution is -2.57. The fourth-order valence-electron chi connectivity index (χ4n) is 0.674. The first-order valence-electron chi connectivity index (χ1n) is 4.23. The van der Waals surface area contributed by atoms with Gasteiger partial charge in [-0.3, -0.25) is 4.79 Å². The maximum Gasteiger partial charge on any atom is 0.333 e. The molecule has 0 aliphatic heterocycles. The molecule has 0 fully saturated rings. The molecule has 0 aromatic rings. The van der Waals surface area contributed by atoms with Crippen molar-refractivity contribution < 1.29 is 14.7 Å². The molecule has 0 aromatic heterocycles. The van der Waals surface area contributed by atoms with Crippen LogP contribution in [0.3, 0.4) is 0 Å². The van der Waals surface area contributed by atoms with Crippen LogP contribution in [0.4, 0.5) is 0 Å². The number of nitrogens with zero attached hydrogens (tertiary/aromatic N) is 1. The molecule has 1 atom stereocenters. The highest BCUT2D eigenvalue weighted by atomic mass is 35.5. The predicted molar refractivity (Wildman–Crippen MR) is 66.3 cm³/mol. The zero-order chi connectivity index (χ0) is 11.4. The Hall–Kier alpha value is -0.560. The molecule has 98 valence electrons. The molecule has 0 aromatic carbocycles. The molecule has 0 saturated carbocycles. The molecule has 0 aliphatic carbocycles. The van der Waals surface area contributed by atoms with E-state index < -0.39 is 17.4 Å². The van der Waals surface area contributed by atoms with Crippen LogP contribution in [-0.2, 0) is 9.59 Å². The summed E-state index contributed by atoms with van der Waals surface area (Å²) in [6.07, 6.45) is 0. The fraction of sp³-hybridized carbons (Fsp3) is 0.750. The molecule has 6 nitrogen and oxygen atoms in total. The third-order valence-corrected chi connectivity index (χ3v) is 1.76. The summed E-state index contributed by atoms with van der Waals surface area (Å²) in [4.78, 5) is 23.7. The third kappa shape index (κ3) is 6.84. The summed E-state index contributed by atoms with van der Waals surface area (Å²) in [5, 5.41) is 11.1. The smallest absolute Gasteiger partial charge is 0.333 e. The Kier molecular flexibility index (Phi) is 11.2. The molecule has 0 radical (unpaired) electrons. The zero-order valence-corrected chi connectivity index (χ0v) is 11.2. The first-order valence-corrected chi connectivity index (χ1v) is 4.23. The largest absolute Gasteiger partial charge is 0.479 e. The van der Waals surface area contributed by atoms with Gasteiger partial charge in [0.1, 0.15) is 0 Å². The van der Waals surface area contributed by atoms with E-state index >= 15 is 0 Å². The van der Waals surface area contributed by atoms with Crippen molar-refractivity contribution in [3.05, 3.63) is 0 Å². The van der Waals surface area contributed by atoms with Crippen molar-refractivity contribution in [2.24, 2.45) is 5.73 Å². The van der Waals surface area contributed by atoms with E-state index in [1.54, 1.807) is 0 Å². The Bertz CT molecular complexity index is 235. The van der Waals surface area contributed by atoms with E-state index in [-0.39, 0.29) is 24.8 Å². The first kappa shape index (κ1) is 20.8.